The number of benzene rings is 2. The molecule has 0 aliphatic rings. The smallest absolute Gasteiger partial charge is 0.234 e. The Morgan fingerprint density at radius 2 is 1.16 bits per heavy atom. The number of para-hydroxylation sites is 2. The Morgan fingerprint density at radius 3 is 1.74 bits per heavy atom. The molecule has 0 radical (unpaired) electrons. The summed E-state index contributed by atoms with van der Waals surface area (Å²) in [6.45, 7) is 0. The molecule has 0 amide bonds. The van der Waals surface area contributed by atoms with Gasteiger partial charge in [0, 0.05) is 23.2 Å². The number of nitrogens with zero attached hydrogens (tertiary/aromatic N) is 3. The largest absolute Gasteiger partial charge is 0.278 e. The molecule has 4 aromatic rings. The molecule has 4 rings (SSSR count). The maximum Gasteiger partial charge on any atom is 0.234 e. The van der Waals surface area contributed by atoms with Gasteiger partial charge >= 0.3 is 0 Å². The summed E-state index contributed by atoms with van der Waals surface area (Å²) in [5, 5.41) is 2.45. The third-order valence-electron chi connectivity index (χ3n) is 3.33. The lowest BCUT2D eigenvalue weighted by Crippen LogP contribution is -1.99. The van der Waals surface area contributed by atoms with E-state index in [-0.39, 0.29) is 0 Å². The second kappa shape index (κ2) is 3.92. The van der Waals surface area contributed by atoms with Crippen LogP contribution in [0, 0.1) is 0 Å². The van der Waals surface area contributed by atoms with Gasteiger partial charge in [-0.2, -0.15) is 0 Å². The van der Waals surface area contributed by atoms with Crippen molar-refractivity contribution in [3.63, 3.8) is 0 Å². The van der Waals surface area contributed by atoms with Crippen LogP contribution < -0.4 is 0 Å². The molecule has 0 aliphatic carbocycles. The van der Waals surface area contributed by atoms with Crippen molar-refractivity contribution in [3.05, 3.63) is 67.0 Å². The van der Waals surface area contributed by atoms with Crippen molar-refractivity contribution >= 4 is 21.8 Å². The molecule has 0 N–H and O–H groups in total. The maximum absolute atomic E-state index is 4.37. The highest BCUT2D eigenvalue weighted by atomic mass is 15.1. The maximum atomic E-state index is 4.37. The Kier molecular flexibility index (Phi) is 2.12. The van der Waals surface area contributed by atoms with E-state index in [4.69, 9.17) is 0 Å². The molecule has 0 spiro atoms. The monoisotopic (exact) mass is 245 g/mol. The Morgan fingerprint density at radius 1 is 0.632 bits per heavy atom. The average Bonchev–Trinajstić information content (AvgIpc) is 2.83. The predicted octanol–water partition coefficient (Wildman–Crippen LogP) is 3.57. The van der Waals surface area contributed by atoms with Crippen molar-refractivity contribution in [2.75, 3.05) is 0 Å². The lowest BCUT2D eigenvalue weighted by atomic mass is 10.2. The molecule has 0 atom stereocenters. The van der Waals surface area contributed by atoms with E-state index in [9.17, 15) is 0 Å². The molecule has 2 heterocycles. The molecule has 19 heavy (non-hydrogen) atoms. The second-order valence-corrected chi connectivity index (χ2v) is 4.42. The minimum atomic E-state index is 0.708. The van der Waals surface area contributed by atoms with Gasteiger partial charge in [-0.3, -0.25) is 4.57 Å². The molecule has 0 saturated carbocycles. The van der Waals surface area contributed by atoms with E-state index in [1.54, 1.807) is 12.4 Å². The SMILES string of the molecule is c1cnc(-n2c3ccccc3c3ccccc32)nc1. The van der Waals surface area contributed by atoms with Crippen LogP contribution in [0.1, 0.15) is 0 Å². The number of hydrogen-bond acceptors (Lipinski definition) is 2. The van der Waals surface area contributed by atoms with Crippen molar-refractivity contribution in [1.29, 1.82) is 0 Å². The summed E-state index contributed by atoms with van der Waals surface area (Å²) in [6.07, 6.45) is 3.54. The molecule has 3 heteroatoms. The van der Waals surface area contributed by atoms with E-state index in [0.29, 0.717) is 5.95 Å². The summed E-state index contributed by atoms with van der Waals surface area (Å²) in [5.41, 5.74) is 2.27. The van der Waals surface area contributed by atoms with Crippen LogP contribution in [0.3, 0.4) is 0 Å². The van der Waals surface area contributed by atoms with Gasteiger partial charge < -0.3 is 0 Å². The van der Waals surface area contributed by atoms with Gasteiger partial charge in [0.25, 0.3) is 0 Å². The molecule has 2 aromatic heterocycles. The van der Waals surface area contributed by atoms with E-state index >= 15 is 0 Å². The minimum absolute atomic E-state index is 0.708. The second-order valence-electron chi connectivity index (χ2n) is 4.42. The van der Waals surface area contributed by atoms with Crippen LogP contribution in [0.25, 0.3) is 27.8 Å². The summed E-state index contributed by atoms with van der Waals surface area (Å²) in [6, 6.07) is 18.5. The first-order valence-electron chi connectivity index (χ1n) is 6.21. The van der Waals surface area contributed by atoms with Gasteiger partial charge in [0.05, 0.1) is 11.0 Å². The zero-order valence-electron chi connectivity index (χ0n) is 10.2. The van der Waals surface area contributed by atoms with Crippen LogP contribution in [-0.2, 0) is 0 Å². The number of rotatable bonds is 1. The quantitative estimate of drug-likeness (QED) is 0.513. The molecule has 0 fully saturated rings. The lowest BCUT2D eigenvalue weighted by molar-refractivity contribution is 0.988. The third-order valence-corrected chi connectivity index (χ3v) is 3.33. The molecule has 0 saturated heterocycles. The van der Waals surface area contributed by atoms with Crippen LogP contribution in [0.15, 0.2) is 67.0 Å². The van der Waals surface area contributed by atoms with Crippen molar-refractivity contribution in [3.8, 4) is 5.95 Å². The van der Waals surface area contributed by atoms with Gasteiger partial charge in [-0.1, -0.05) is 36.4 Å². The molecule has 2 aromatic carbocycles. The Bertz CT molecular complexity index is 810. The van der Waals surface area contributed by atoms with Crippen molar-refractivity contribution < 1.29 is 0 Å². The summed E-state index contributed by atoms with van der Waals surface area (Å²) < 4.78 is 2.10. The zero-order chi connectivity index (χ0) is 12.7. The van der Waals surface area contributed by atoms with Gasteiger partial charge in [-0.25, -0.2) is 9.97 Å². The number of fused-ring (bicyclic) bond motifs is 3. The highest BCUT2D eigenvalue weighted by Crippen LogP contribution is 2.30. The lowest BCUT2D eigenvalue weighted by Gasteiger charge is -2.04. The van der Waals surface area contributed by atoms with E-state index in [0.717, 1.165) is 11.0 Å². The van der Waals surface area contributed by atoms with E-state index in [1.165, 1.54) is 10.8 Å². The molecular weight excluding hydrogens is 234 g/mol. The Balaban J connectivity index is 2.24. The fraction of sp³-hybridized carbons (Fsp3) is 0. The van der Waals surface area contributed by atoms with E-state index < -0.39 is 0 Å². The Labute approximate surface area is 110 Å². The first-order valence-corrected chi connectivity index (χ1v) is 6.21. The number of hydrogen-bond donors (Lipinski definition) is 0. The molecule has 0 unspecified atom stereocenters. The highest BCUT2D eigenvalue weighted by molar-refractivity contribution is 6.08. The number of aromatic nitrogens is 3. The van der Waals surface area contributed by atoms with Gasteiger partial charge in [0.2, 0.25) is 5.95 Å². The van der Waals surface area contributed by atoms with Crippen LogP contribution in [0.2, 0.25) is 0 Å². The summed E-state index contributed by atoms with van der Waals surface area (Å²) >= 11 is 0. The molecule has 0 bridgehead atoms. The zero-order valence-corrected chi connectivity index (χ0v) is 10.2. The fourth-order valence-electron chi connectivity index (χ4n) is 2.54. The van der Waals surface area contributed by atoms with Crippen LogP contribution in [0.4, 0.5) is 0 Å². The van der Waals surface area contributed by atoms with Gasteiger partial charge in [-0.05, 0) is 18.2 Å². The molecule has 3 nitrogen and oxygen atoms in total. The predicted molar refractivity (Wildman–Crippen MR) is 76.4 cm³/mol. The molecule has 0 aliphatic heterocycles. The van der Waals surface area contributed by atoms with Crippen molar-refractivity contribution in [2.24, 2.45) is 0 Å². The first kappa shape index (κ1) is 10.3. The van der Waals surface area contributed by atoms with Gasteiger partial charge in [0.15, 0.2) is 0 Å². The summed E-state index contributed by atoms with van der Waals surface area (Å²) in [4.78, 5) is 8.75. The normalized spacial score (nSPS) is 11.2. The standard InChI is InChI=1S/C16H11N3/c1-3-8-14-12(6-1)13-7-2-4-9-15(13)19(14)16-17-10-5-11-18-16/h1-11H. The van der Waals surface area contributed by atoms with Gasteiger partial charge in [0.1, 0.15) is 0 Å². The summed E-state index contributed by atoms with van der Waals surface area (Å²) in [5.74, 6) is 0.708. The Hall–Kier alpha value is -2.68. The average molecular weight is 245 g/mol. The summed E-state index contributed by atoms with van der Waals surface area (Å²) in [7, 11) is 0. The third kappa shape index (κ3) is 1.45. The van der Waals surface area contributed by atoms with Gasteiger partial charge in [-0.15, -0.1) is 0 Å². The highest BCUT2D eigenvalue weighted by Gasteiger charge is 2.11. The molecular formula is C16H11N3. The van der Waals surface area contributed by atoms with E-state index in [2.05, 4.69) is 50.9 Å². The minimum Gasteiger partial charge on any atom is -0.278 e. The van der Waals surface area contributed by atoms with Crippen LogP contribution in [0.5, 0.6) is 0 Å². The van der Waals surface area contributed by atoms with Crippen molar-refractivity contribution in [1.82, 2.24) is 14.5 Å². The van der Waals surface area contributed by atoms with E-state index in [1.807, 2.05) is 18.2 Å². The molecule has 90 valence electrons. The van der Waals surface area contributed by atoms with Crippen molar-refractivity contribution in [2.45, 2.75) is 0 Å². The fourth-order valence-corrected chi connectivity index (χ4v) is 2.54. The van der Waals surface area contributed by atoms with Crippen LogP contribution >= 0.6 is 0 Å². The van der Waals surface area contributed by atoms with Crippen LogP contribution in [-0.4, -0.2) is 14.5 Å². The first-order chi connectivity index (χ1) is 9.45. The topological polar surface area (TPSA) is 30.7 Å².